The van der Waals surface area contributed by atoms with Crippen molar-refractivity contribution in [2.24, 2.45) is 5.10 Å². The van der Waals surface area contributed by atoms with Gasteiger partial charge in [-0.05, 0) is 12.1 Å². The molecule has 0 amide bonds. The molecule has 24 heavy (non-hydrogen) atoms. The maximum absolute atomic E-state index is 5.31. The van der Waals surface area contributed by atoms with Crippen LogP contribution in [0.1, 0.15) is 5.56 Å². The number of ether oxygens (including phenoxy) is 3. The van der Waals surface area contributed by atoms with Gasteiger partial charge in [-0.3, -0.25) is 5.43 Å². The van der Waals surface area contributed by atoms with Crippen LogP contribution >= 0.6 is 0 Å². The molecule has 124 valence electrons. The number of hydrogen-bond acceptors (Lipinski definition) is 8. The van der Waals surface area contributed by atoms with Crippen LogP contribution in [0, 0.1) is 0 Å². The van der Waals surface area contributed by atoms with Gasteiger partial charge in [0, 0.05) is 5.56 Å². The molecule has 2 aromatic heterocycles. The molecule has 0 aliphatic heterocycles. The van der Waals surface area contributed by atoms with Crippen molar-refractivity contribution in [3.8, 4) is 17.2 Å². The fourth-order valence-electron chi connectivity index (χ4n) is 2.19. The van der Waals surface area contributed by atoms with Gasteiger partial charge >= 0.3 is 0 Å². The van der Waals surface area contributed by atoms with E-state index in [-0.39, 0.29) is 0 Å². The number of rotatable bonds is 6. The molecule has 2 N–H and O–H groups in total. The molecular weight excluding hydrogens is 312 g/mol. The molecular formula is C15H16N6O3. The van der Waals surface area contributed by atoms with Crippen molar-refractivity contribution in [2.45, 2.75) is 0 Å². The van der Waals surface area contributed by atoms with Crippen molar-refractivity contribution in [1.29, 1.82) is 0 Å². The Morgan fingerprint density at radius 3 is 2.46 bits per heavy atom. The topological polar surface area (TPSA) is 107 Å². The molecule has 0 atom stereocenters. The van der Waals surface area contributed by atoms with E-state index in [0.717, 1.165) is 5.56 Å². The lowest BCUT2D eigenvalue weighted by molar-refractivity contribution is 0.324. The molecule has 3 aromatic rings. The third kappa shape index (κ3) is 2.91. The number of H-pyrrole nitrogens is 1. The summed E-state index contributed by atoms with van der Waals surface area (Å²) in [6.45, 7) is 0. The first-order valence-electron chi connectivity index (χ1n) is 7.00. The second-order valence-electron chi connectivity index (χ2n) is 4.65. The van der Waals surface area contributed by atoms with Crippen molar-refractivity contribution in [2.75, 3.05) is 26.8 Å². The first-order valence-corrected chi connectivity index (χ1v) is 7.00. The van der Waals surface area contributed by atoms with Gasteiger partial charge in [0.25, 0.3) is 0 Å². The molecule has 0 saturated heterocycles. The Bertz CT molecular complexity index is 852. The van der Waals surface area contributed by atoms with Crippen LogP contribution in [0.4, 0.5) is 5.82 Å². The zero-order valence-electron chi connectivity index (χ0n) is 13.4. The first-order chi connectivity index (χ1) is 11.8. The molecule has 9 nitrogen and oxygen atoms in total. The molecule has 0 saturated carbocycles. The van der Waals surface area contributed by atoms with Crippen molar-refractivity contribution >= 4 is 23.2 Å². The number of aromatic amines is 1. The number of nitrogens with zero attached hydrogens (tertiary/aromatic N) is 4. The van der Waals surface area contributed by atoms with Crippen molar-refractivity contribution in [1.82, 2.24) is 19.9 Å². The highest BCUT2D eigenvalue weighted by molar-refractivity contribution is 5.85. The number of hydrazone groups is 1. The molecule has 0 aliphatic carbocycles. The summed E-state index contributed by atoms with van der Waals surface area (Å²) in [5.74, 6) is 2.16. The minimum absolute atomic E-state index is 0.528. The van der Waals surface area contributed by atoms with E-state index in [9.17, 15) is 0 Å². The number of fused-ring (bicyclic) bond motifs is 1. The fourth-order valence-corrected chi connectivity index (χ4v) is 2.19. The van der Waals surface area contributed by atoms with Crippen LogP contribution in [-0.4, -0.2) is 47.5 Å². The van der Waals surface area contributed by atoms with Crippen LogP contribution < -0.4 is 19.6 Å². The Balaban J connectivity index is 1.85. The average Bonchev–Trinajstić information content (AvgIpc) is 3.10. The molecule has 2 heterocycles. The molecule has 1 aromatic carbocycles. The van der Waals surface area contributed by atoms with Gasteiger partial charge in [-0.25, -0.2) is 15.0 Å². The van der Waals surface area contributed by atoms with Crippen molar-refractivity contribution < 1.29 is 14.2 Å². The molecule has 0 bridgehead atoms. The summed E-state index contributed by atoms with van der Waals surface area (Å²) in [6, 6.07) is 3.58. The third-order valence-corrected chi connectivity index (χ3v) is 3.29. The maximum atomic E-state index is 5.31. The zero-order chi connectivity index (χ0) is 16.9. The van der Waals surface area contributed by atoms with E-state index in [4.69, 9.17) is 14.2 Å². The number of anilines is 1. The van der Waals surface area contributed by atoms with Crippen molar-refractivity contribution in [3.63, 3.8) is 0 Å². The predicted molar refractivity (Wildman–Crippen MR) is 89.0 cm³/mol. The highest BCUT2D eigenvalue weighted by atomic mass is 16.5. The first kappa shape index (κ1) is 15.5. The minimum Gasteiger partial charge on any atom is -0.493 e. The van der Waals surface area contributed by atoms with Crippen LogP contribution in [0.2, 0.25) is 0 Å². The Labute approximate surface area is 137 Å². The smallest absolute Gasteiger partial charge is 0.203 e. The van der Waals surface area contributed by atoms with E-state index >= 15 is 0 Å². The number of aromatic nitrogens is 4. The van der Waals surface area contributed by atoms with E-state index in [2.05, 4.69) is 30.5 Å². The molecule has 0 unspecified atom stereocenters. The Morgan fingerprint density at radius 2 is 1.79 bits per heavy atom. The normalized spacial score (nSPS) is 11.0. The van der Waals surface area contributed by atoms with E-state index < -0.39 is 0 Å². The highest BCUT2D eigenvalue weighted by Crippen LogP contribution is 2.37. The maximum Gasteiger partial charge on any atom is 0.203 e. The standard InChI is InChI=1S/C15H16N6O3/c1-22-10-4-9(5-11(23-2)13(10)24-3)6-20-21-15-12-14(17-7-16-12)18-8-19-15/h4-8H,1-3H3,(H2,16,17,18,19,21)/b20-6+. The summed E-state index contributed by atoms with van der Waals surface area (Å²) >= 11 is 0. The number of hydrogen-bond donors (Lipinski definition) is 2. The fraction of sp³-hybridized carbons (Fsp3) is 0.200. The number of imidazole rings is 1. The Hall–Kier alpha value is -3.36. The van der Waals surface area contributed by atoms with Gasteiger partial charge in [0.1, 0.15) is 11.8 Å². The Kier molecular flexibility index (Phi) is 4.41. The van der Waals surface area contributed by atoms with Gasteiger partial charge in [0.2, 0.25) is 5.75 Å². The van der Waals surface area contributed by atoms with Crippen LogP contribution in [0.5, 0.6) is 17.2 Å². The highest BCUT2D eigenvalue weighted by Gasteiger charge is 2.12. The van der Waals surface area contributed by atoms with Crippen LogP contribution in [0.15, 0.2) is 29.9 Å². The quantitative estimate of drug-likeness (QED) is 0.525. The zero-order valence-corrected chi connectivity index (χ0v) is 13.4. The Morgan fingerprint density at radius 1 is 1.04 bits per heavy atom. The van der Waals surface area contributed by atoms with Gasteiger partial charge in [-0.1, -0.05) is 0 Å². The number of nitrogens with one attached hydrogen (secondary N) is 2. The summed E-state index contributed by atoms with van der Waals surface area (Å²) in [7, 11) is 4.68. The van der Waals surface area contributed by atoms with E-state index in [1.807, 2.05) is 0 Å². The van der Waals surface area contributed by atoms with Crippen molar-refractivity contribution in [3.05, 3.63) is 30.4 Å². The second kappa shape index (κ2) is 6.82. The number of benzene rings is 1. The van der Waals surface area contributed by atoms with E-state index in [1.165, 1.54) is 6.33 Å². The lowest BCUT2D eigenvalue weighted by Gasteiger charge is -2.12. The van der Waals surface area contributed by atoms with Gasteiger partial charge in [-0.2, -0.15) is 5.10 Å². The summed E-state index contributed by atoms with van der Waals surface area (Å²) < 4.78 is 15.9. The summed E-state index contributed by atoms with van der Waals surface area (Å²) in [5, 5.41) is 4.18. The largest absolute Gasteiger partial charge is 0.493 e. The average molecular weight is 328 g/mol. The predicted octanol–water partition coefficient (Wildman–Crippen LogP) is 1.82. The summed E-state index contributed by atoms with van der Waals surface area (Å²) in [6.07, 6.45) is 4.59. The van der Waals surface area contributed by atoms with Gasteiger partial charge in [0.15, 0.2) is 23.0 Å². The molecule has 3 rings (SSSR count). The second-order valence-corrected chi connectivity index (χ2v) is 4.65. The number of methoxy groups -OCH3 is 3. The van der Waals surface area contributed by atoms with Crippen LogP contribution in [0.25, 0.3) is 11.2 Å². The monoisotopic (exact) mass is 328 g/mol. The van der Waals surface area contributed by atoms with Gasteiger partial charge in [-0.15, -0.1) is 0 Å². The van der Waals surface area contributed by atoms with Crippen LogP contribution in [0.3, 0.4) is 0 Å². The molecule has 0 radical (unpaired) electrons. The van der Waals surface area contributed by atoms with E-state index in [0.29, 0.717) is 34.2 Å². The molecule has 0 aliphatic rings. The third-order valence-electron chi connectivity index (χ3n) is 3.29. The molecule has 9 heteroatoms. The van der Waals surface area contributed by atoms with E-state index in [1.54, 1.807) is 46.0 Å². The molecule has 0 spiro atoms. The minimum atomic E-state index is 0.528. The SMILES string of the molecule is COc1cc(/C=N/Nc2ncnc3nc[nH]c23)cc(OC)c1OC. The summed E-state index contributed by atoms with van der Waals surface area (Å²) in [4.78, 5) is 15.2. The van der Waals surface area contributed by atoms with Gasteiger partial charge in [0.05, 0.1) is 33.9 Å². The molecule has 0 fully saturated rings. The lowest BCUT2D eigenvalue weighted by atomic mass is 10.2. The lowest BCUT2D eigenvalue weighted by Crippen LogP contribution is -1.98. The summed E-state index contributed by atoms with van der Waals surface area (Å²) in [5.41, 5.74) is 4.88. The van der Waals surface area contributed by atoms with Crippen LogP contribution in [-0.2, 0) is 0 Å². The van der Waals surface area contributed by atoms with Gasteiger partial charge < -0.3 is 19.2 Å².